The Labute approximate surface area is 115 Å². The summed E-state index contributed by atoms with van der Waals surface area (Å²) in [5.74, 6) is -2.47. The molecule has 98 valence electrons. The number of hydrogen-bond acceptors (Lipinski definition) is 3. The quantitative estimate of drug-likeness (QED) is 0.891. The number of nitrogens with one attached hydrogen (secondary N) is 1. The maximum Gasteiger partial charge on any atom is 0.258 e. The summed E-state index contributed by atoms with van der Waals surface area (Å²) in [7, 11) is 0. The first-order chi connectivity index (χ1) is 8.99. The van der Waals surface area contributed by atoms with Crippen molar-refractivity contribution in [1.82, 2.24) is 4.98 Å². The predicted molar refractivity (Wildman–Crippen MR) is 70.7 cm³/mol. The lowest BCUT2D eigenvalue weighted by Crippen LogP contribution is -2.16. The smallest absolute Gasteiger partial charge is 0.258 e. The molecule has 4 nitrogen and oxygen atoms in total. The highest BCUT2D eigenvalue weighted by Crippen LogP contribution is 2.24. The molecule has 0 aliphatic rings. The highest BCUT2D eigenvalue weighted by molar-refractivity contribution is 9.10. The summed E-state index contributed by atoms with van der Waals surface area (Å²) in [6.07, 6.45) is 2.64. The zero-order valence-electron chi connectivity index (χ0n) is 9.45. The second-order valence-corrected chi connectivity index (χ2v) is 4.58. The van der Waals surface area contributed by atoms with Crippen molar-refractivity contribution in [2.45, 2.75) is 0 Å². The van der Waals surface area contributed by atoms with Crippen LogP contribution in [0.1, 0.15) is 10.4 Å². The number of carbonyl (C=O) groups is 1. The highest BCUT2D eigenvalue weighted by atomic mass is 79.9. The predicted octanol–water partition coefficient (Wildman–Crippen LogP) is 2.96. The van der Waals surface area contributed by atoms with Crippen LogP contribution in [0.2, 0.25) is 0 Å². The zero-order chi connectivity index (χ0) is 14.0. The molecule has 1 aromatic carbocycles. The van der Waals surface area contributed by atoms with Gasteiger partial charge in [-0.3, -0.25) is 9.78 Å². The van der Waals surface area contributed by atoms with Crippen molar-refractivity contribution in [2.75, 3.05) is 11.1 Å². The Balaban J connectivity index is 2.32. The Hall–Kier alpha value is -2.02. The summed E-state index contributed by atoms with van der Waals surface area (Å²) in [4.78, 5) is 15.6. The van der Waals surface area contributed by atoms with E-state index in [0.717, 1.165) is 12.1 Å². The molecule has 0 spiro atoms. The molecule has 19 heavy (non-hydrogen) atoms. The van der Waals surface area contributed by atoms with E-state index in [2.05, 4.69) is 26.2 Å². The number of benzene rings is 1. The molecule has 0 aliphatic carbocycles. The molecule has 0 saturated heterocycles. The normalized spacial score (nSPS) is 10.3. The van der Waals surface area contributed by atoms with Crippen molar-refractivity contribution in [3.8, 4) is 0 Å². The Morgan fingerprint density at radius 2 is 1.95 bits per heavy atom. The fourth-order valence-corrected chi connectivity index (χ4v) is 1.86. The van der Waals surface area contributed by atoms with Crippen molar-refractivity contribution < 1.29 is 13.6 Å². The molecule has 2 rings (SSSR count). The van der Waals surface area contributed by atoms with Gasteiger partial charge in [-0.25, -0.2) is 8.78 Å². The number of hydrogen-bond donors (Lipinski definition) is 2. The van der Waals surface area contributed by atoms with Gasteiger partial charge >= 0.3 is 0 Å². The van der Waals surface area contributed by atoms with Crippen LogP contribution in [-0.4, -0.2) is 10.9 Å². The van der Waals surface area contributed by atoms with Crippen LogP contribution in [0.25, 0.3) is 0 Å². The van der Waals surface area contributed by atoms with E-state index in [1.165, 1.54) is 18.5 Å². The van der Waals surface area contributed by atoms with Gasteiger partial charge in [0.25, 0.3) is 5.91 Å². The SMILES string of the molecule is Nc1cnccc1C(=O)Nc1c(F)cc(Br)cc1F. The molecule has 1 aromatic heterocycles. The van der Waals surface area contributed by atoms with Crippen molar-refractivity contribution in [3.05, 3.63) is 52.3 Å². The van der Waals surface area contributed by atoms with E-state index in [1.807, 2.05) is 0 Å². The third-order valence-electron chi connectivity index (χ3n) is 2.34. The maximum absolute atomic E-state index is 13.6. The first-order valence-electron chi connectivity index (χ1n) is 5.14. The Morgan fingerprint density at radius 1 is 1.32 bits per heavy atom. The molecule has 0 bridgehead atoms. The number of carbonyl (C=O) groups excluding carboxylic acids is 1. The zero-order valence-corrected chi connectivity index (χ0v) is 11.0. The molecule has 0 aliphatic heterocycles. The minimum atomic E-state index is -0.882. The van der Waals surface area contributed by atoms with Gasteiger partial charge in [-0.15, -0.1) is 0 Å². The summed E-state index contributed by atoms with van der Waals surface area (Å²) in [6.45, 7) is 0. The van der Waals surface area contributed by atoms with Gasteiger partial charge in [0.2, 0.25) is 0 Å². The lowest BCUT2D eigenvalue weighted by atomic mass is 10.2. The van der Waals surface area contributed by atoms with Crippen LogP contribution in [0.5, 0.6) is 0 Å². The van der Waals surface area contributed by atoms with Crippen LogP contribution < -0.4 is 11.1 Å². The average molecular weight is 328 g/mol. The number of amides is 1. The standard InChI is InChI=1S/C12H8BrF2N3O/c13-6-3-8(14)11(9(15)4-6)18-12(19)7-1-2-17-5-10(7)16/h1-5H,16H2,(H,18,19). The molecule has 1 heterocycles. The topological polar surface area (TPSA) is 68.0 Å². The van der Waals surface area contributed by atoms with E-state index in [9.17, 15) is 13.6 Å². The molecular weight excluding hydrogens is 320 g/mol. The Bertz CT molecular complexity index is 626. The monoisotopic (exact) mass is 327 g/mol. The molecule has 2 aromatic rings. The van der Waals surface area contributed by atoms with Crippen LogP contribution in [0.3, 0.4) is 0 Å². The average Bonchev–Trinajstić information content (AvgIpc) is 2.34. The minimum absolute atomic E-state index is 0.0942. The van der Waals surface area contributed by atoms with Crippen molar-refractivity contribution in [1.29, 1.82) is 0 Å². The molecule has 0 saturated carbocycles. The van der Waals surface area contributed by atoms with E-state index in [4.69, 9.17) is 5.73 Å². The number of anilines is 2. The van der Waals surface area contributed by atoms with Gasteiger partial charge < -0.3 is 11.1 Å². The van der Waals surface area contributed by atoms with E-state index in [-0.39, 0.29) is 15.7 Å². The molecule has 0 fully saturated rings. The van der Waals surface area contributed by atoms with E-state index in [1.54, 1.807) is 0 Å². The van der Waals surface area contributed by atoms with E-state index >= 15 is 0 Å². The second-order valence-electron chi connectivity index (χ2n) is 3.66. The molecule has 0 atom stereocenters. The van der Waals surface area contributed by atoms with Gasteiger partial charge in [0.05, 0.1) is 17.4 Å². The van der Waals surface area contributed by atoms with Crippen molar-refractivity contribution in [2.24, 2.45) is 0 Å². The van der Waals surface area contributed by atoms with Crippen LogP contribution in [0, 0.1) is 11.6 Å². The van der Waals surface area contributed by atoms with Gasteiger partial charge in [-0.05, 0) is 18.2 Å². The number of pyridine rings is 1. The number of aromatic nitrogens is 1. The van der Waals surface area contributed by atoms with E-state index < -0.39 is 23.2 Å². The van der Waals surface area contributed by atoms with Crippen molar-refractivity contribution >= 4 is 33.2 Å². The summed E-state index contributed by atoms with van der Waals surface area (Å²) < 4.78 is 27.4. The number of nitrogens with two attached hydrogens (primary N) is 1. The third-order valence-corrected chi connectivity index (χ3v) is 2.80. The van der Waals surface area contributed by atoms with Gasteiger partial charge in [-0.2, -0.15) is 0 Å². The molecule has 0 unspecified atom stereocenters. The van der Waals surface area contributed by atoms with Crippen LogP contribution in [-0.2, 0) is 0 Å². The first-order valence-corrected chi connectivity index (χ1v) is 5.93. The van der Waals surface area contributed by atoms with Crippen LogP contribution >= 0.6 is 15.9 Å². The maximum atomic E-state index is 13.6. The summed E-state index contributed by atoms with van der Waals surface area (Å²) in [6, 6.07) is 3.46. The van der Waals surface area contributed by atoms with Gasteiger partial charge in [0.15, 0.2) is 11.6 Å². The second kappa shape index (κ2) is 5.31. The van der Waals surface area contributed by atoms with Crippen molar-refractivity contribution in [3.63, 3.8) is 0 Å². The number of rotatable bonds is 2. The lowest BCUT2D eigenvalue weighted by molar-refractivity contribution is 0.102. The summed E-state index contributed by atoms with van der Waals surface area (Å²) in [5, 5.41) is 2.15. The fourth-order valence-electron chi connectivity index (χ4n) is 1.46. The number of halogens is 3. The number of nitrogen functional groups attached to an aromatic ring is 1. The number of nitrogens with zero attached hydrogens (tertiary/aromatic N) is 1. The molecule has 0 radical (unpaired) electrons. The largest absolute Gasteiger partial charge is 0.397 e. The minimum Gasteiger partial charge on any atom is -0.397 e. The van der Waals surface area contributed by atoms with E-state index in [0.29, 0.717) is 0 Å². The lowest BCUT2D eigenvalue weighted by Gasteiger charge is -2.09. The highest BCUT2D eigenvalue weighted by Gasteiger charge is 2.16. The first kappa shape index (κ1) is 13.4. The summed E-state index contributed by atoms with van der Waals surface area (Å²) >= 11 is 2.95. The molecule has 3 N–H and O–H groups in total. The Morgan fingerprint density at radius 3 is 2.53 bits per heavy atom. The van der Waals surface area contributed by atoms with Gasteiger partial charge in [0, 0.05) is 10.7 Å². The van der Waals surface area contributed by atoms with Gasteiger partial charge in [-0.1, -0.05) is 15.9 Å². The van der Waals surface area contributed by atoms with Gasteiger partial charge in [0.1, 0.15) is 5.69 Å². The fraction of sp³-hybridized carbons (Fsp3) is 0. The Kier molecular flexibility index (Phi) is 3.75. The molecule has 7 heteroatoms. The molecular formula is C12H8BrF2N3O. The third kappa shape index (κ3) is 2.87. The summed E-state index contributed by atoms with van der Waals surface area (Å²) in [5.41, 5.74) is 5.25. The van der Waals surface area contributed by atoms with Crippen LogP contribution in [0.15, 0.2) is 35.1 Å². The molecule has 1 amide bonds. The van der Waals surface area contributed by atoms with Crippen LogP contribution in [0.4, 0.5) is 20.2 Å².